The number of halogens is 2. The largest absolute Gasteiger partial charge is 0.487 e. The van der Waals surface area contributed by atoms with Gasteiger partial charge in [0.25, 0.3) is 0 Å². The van der Waals surface area contributed by atoms with Crippen LogP contribution in [-0.2, 0) is 13.2 Å². The number of hydrogen-bond acceptors (Lipinski definition) is 2. The van der Waals surface area contributed by atoms with Gasteiger partial charge in [0.05, 0.1) is 5.02 Å². The average Bonchev–Trinajstić information content (AvgIpc) is 2.61. The van der Waals surface area contributed by atoms with Gasteiger partial charge in [-0.3, -0.25) is 0 Å². The number of ether oxygens (including phenoxy) is 1. The lowest BCUT2D eigenvalue weighted by Crippen LogP contribution is -2.05. The summed E-state index contributed by atoms with van der Waals surface area (Å²) in [6, 6.07) is 18.2. The summed E-state index contributed by atoms with van der Waals surface area (Å²) in [5.74, 6) is 0.666. The van der Waals surface area contributed by atoms with E-state index in [9.17, 15) is 0 Å². The highest BCUT2D eigenvalue weighted by Crippen LogP contribution is 2.34. The summed E-state index contributed by atoms with van der Waals surface area (Å²) in [4.78, 5) is 0. The Labute approximate surface area is 171 Å². The molecule has 4 heteroatoms. The highest BCUT2D eigenvalue weighted by molar-refractivity contribution is 6.35. The molecule has 0 heterocycles. The lowest BCUT2D eigenvalue weighted by atomic mass is 10.1. The zero-order chi connectivity index (χ0) is 19.4. The molecule has 0 aliphatic carbocycles. The molecule has 27 heavy (non-hydrogen) atoms. The fraction of sp³-hybridized carbons (Fsp3) is 0.217. The van der Waals surface area contributed by atoms with Crippen LogP contribution in [0.1, 0.15) is 27.8 Å². The van der Waals surface area contributed by atoms with Crippen LogP contribution in [0, 0.1) is 20.8 Å². The molecule has 0 bridgehead atoms. The van der Waals surface area contributed by atoms with E-state index in [-0.39, 0.29) is 0 Å². The first-order valence-corrected chi connectivity index (χ1v) is 9.65. The SMILES string of the molecule is Cc1ccc(COc2c(Cl)cc(Cl)cc2CNc2ccc(C)cc2C)cc1. The highest BCUT2D eigenvalue weighted by Gasteiger charge is 2.12. The van der Waals surface area contributed by atoms with Gasteiger partial charge in [0.1, 0.15) is 12.4 Å². The van der Waals surface area contributed by atoms with Gasteiger partial charge in [-0.25, -0.2) is 0 Å². The van der Waals surface area contributed by atoms with Crippen molar-refractivity contribution >= 4 is 28.9 Å². The summed E-state index contributed by atoms with van der Waals surface area (Å²) in [5.41, 5.74) is 6.78. The number of anilines is 1. The minimum atomic E-state index is 0.457. The van der Waals surface area contributed by atoms with E-state index < -0.39 is 0 Å². The Bertz CT molecular complexity index is 936. The Morgan fingerprint density at radius 2 is 1.56 bits per heavy atom. The molecule has 0 spiro atoms. The number of hydrogen-bond donors (Lipinski definition) is 1. The number of aryl methyl sites for hydroxylation is 3. The zero-order valence-corrected chi connectivity index (χ0v) is 17.3. The summed E-state index contributed by atoms with van der Waals surface area (Å²) in [5, 5.41) is 4.58. The Hall–Kier alpha value is -2.16. The van der Waals surface area contributed by atoms with Crippen LogP contribution in [0.3, 0.4) is 0 Å². The van der Waals surface area contributed by atoms with Crippen molar-refractivity contribution in [3.8, 4) is 5.75 Å². The molecule has 0 saturated heterocycles. The van der Waals surface area contributed by atoms with Crippen LogP contribution in [0.25, 0.3) is 0 Å². The normalized spacial score (nSPS) is 10.7. The lowest BCUT2D eigenvalue weighted by molar-refractivity contribution is 0.303. The first-order valence-electron chi connectivity index (χ1n) is 8.90. The van der Waals surface area contributed by atoms with Gasteiger partial charge in [0, 0.05) is 22.8 Å². The van der Waals surface area contributed by atoms with Crippen molar-refractivity contribution in [3.05, 3.63) is 92.5 Å². The molecule has 0 saturated carbocycles. The van der Waals surface area contributed by atoms with Gasteiger partial charge < -0.3 is 10.1 Å². The Balaban J connectivity index is 1.78. The van der Waals surface area contributed by atoms with Crippen LogP contribution in [0.15, 0.2) is 54.6 Å². The molecule has 3 rings (SSSR count). The molecule has 0 fully saturated rings. The van der Waals surface area contributed by atoms with E-state index in [4.69, 9.17) is 27.9 Å². The summed E-state index contributed by atoms with van der Waals surface area (Å²) in [7, 11) is 0. The molecule has 0 aliphatic heterocycles. The minimum Gasteiger partial charge on any atom is -0.487 e. The second-order valence-corrected chi connectivity index (χ2v) is 7.67. The van der Waals surface area contributed by atoms with Gasteiger partial charge >= 0.3 is 0 Å². The topological polar surface area (TPSA) is 21.3 Å². The van der Waals surface area contributed by atoms with E-state index in [0.717, 1.165) is 16.8 Å². The molecule has 2 nitrogen and oxygen atoms in total. The van der Waals surface area contributed by atoms with E-state index in [0.29, 0.717) is 28.9 Å². The van der Waals surface area contributed by atoms with Crippen LogP contribution in [0.2, 0.25) is 10.0 Å². The predicted molar refractivity (Wildman–Crippen MR) is 115 cm³/mol. The first kappa shape index (κ1) is 19.6. The second kappa shape index (κ2) is 8.69. The summed E-state index contributed by atoms with van der Waals surface area (Å²) in [6.45, 7) is 7.28. The van der Waals surface area contributed by atoms with E-state index >= 15 is 0 Å². The van der Waals surface area contributed by atoms with Gasteiger partial charge in [-0.05, 0) is 50.1 Å². The Morgan fingerprint density at radius 1 is 0.852 bits per heavy atom. The molecule has 3 aromatic carbocycles. The van der Waals surface area contributed by atoms with E-state index in [1.54, 1.807) is 6.07 Å². The molecule has 0 atom stereocenters. The van der Waals surface area contributed by atoms with Crippen molar-refractivity contribution in [2.45, 2.75) is 33.9 Å². The van der Waals surface area contributed by atoms with E-state index in [2.05, 4.69) is 68.6 Å². The average molecular weight is 400 g/mol. The third kappa shape index (κ3) is 5.18. The van der Waals surface area contributed by atoms with Crippen molar-refractivity contribution < 1.29 is 4.74 Å². The maximum atomic E-state index is 6.42. The summed E-state index contributed by atoms with van der Waals surface area (Å²) < 4.78 is 6.06. The maximum absolute atomic E-state index is 6.42. The van der Waals surface area contributed by atoms with Crippen LogP contribution < -0.4 is 10.1 Å². The maximum Gasteiger partial charge on any atom is 0.143 e. The smallest absolute Gasteiger partial charge is 0.143 e. The lowest BCUT2D eigenvalue weighted by Gasteiger charge is -2.16. The van der Waals surface area contributed by atoms with Crippen LogP contribution in [0.4, 0.5) is 5.69 Å². The van der Waals surface area contributed by atoms with Crippen molar-refractivity contribution in [1.82, 2.24) is 0 Å². The van der Waals surface area contributed by atoms with Crippen molar-refractivity contribution in [2.24, 2.45) is 0 Å². The molecule has 0 aliphatic rings. The van der Waals surface area contributed by atoms with Gasteiger partial charge in [0.15, 0.2) is 0 Å². The summed E-state index contributed by atoms with van der Waals surface area (Å²) >= 11 is 12.6. The monoisotopic (exact) mass is 399 g/mol. The predicted octanol–water partition coefficient (Wildman–Crippen LogP) is 7.11. The van der Waals surface area contributed by atoms with Crippen LogP contribution in [-0.4, -0.2) is 0 Å². The van der Waals surface area contributed by atoms with Gasteiger partial charge in [0.2, 0.25) is 0 Å². The molecule has 0 amide bonds. The zero-order valence-electron chi connectivity index (χ0n) is 15.8. The van der Waals surface area contributed by atoms with Crippen LogP contribution >= 0.6 is 23.2 Å². The van der Waals surface area contributed by atoms with Gasteiger partial charge in [-0.1, -0.05) is 70.7 Å². The highest BCUT2D eigenvalue weighted by atomic mass is 35.5. The molecule has 1 N–H and O–H groups in total. The molecule has 0 unspecified atom stereocenters. The quantitative estimate of drug-likeness (QED) is 0.476. The fourth-order valence-corrected chi connectivity index (χ4v) is 3.54. The molecule has 3 aromatic rings. The number of rotatable bonds is 6. The first-order chi connectivity index (χ1) is 12.9. The molecular formula is C23H23Cl2NO. The molecule has 0 aromatic heterocycles. The van der Waals surface area contributed by atoms with E-state index in [1.165, 1.54) is 16.7 Å². The van der Waals surface area contributed by atoms with Crippen molar-refractivity contribution in [1.29, 1.82) is 0 Å². The number of nitrogens with one attached hydrogen (secondary N) is 1. The van der Waals surface area contributed by atoms with Crippen molar-refractivity contribution in [3.63, 3.8) is 0 Å². The standard InChI is InChI=1S/C23H23Cl2NO/c1-15-4-7-18(8-5-15)14-27-23-19(11-20(24)12-21(23)25)13-26-22-9-6-16(2)10-17(22)3/h4-12,26H,13-14H2,1-3H3. The third-order valence-electron chi connectivity index (χ3n) is 4.44. The second-order valence-electron chi connectivity index (χ2n) is 6.82. The number of benzene rings is 3. The molecule has 140 valence electrons. The third-order valence-corrected chi connectivity index (χ3v) is 4.94. The van der Waals surface area contributed by atoms with Gasteiger partial charge in [-0.15, -0.1) is 0 Å². The van der Waals surface area contributed by atoms with Crippen molar-refractivity contribution in [2.75, 3.05) is 5.32 Å². The fourth-order valence-electron chi connectivity index (χ4n) is 2.95. The summed E-state index contributed by atoms with van der Waals surface area (Å²) in [6.07, 6.45) is 0. The Kier molecular flexibility index (Phi) is 6.30. The van der Waals surface area contributed by atoms with Crippen LogP contribution in [0.5, 0.6) is 5.75 Å². The Morgan fingerprint density at radius 3 is 2.26 bits per heavy atom. The van der Waals surface area contributed by atoms with Gasteiger partial charge in [-0.2, -0.15) is 0 Å². The molecular weight excluding hydrogens is 377 g/mol. The molecule has 0 radical (unpaired) electrons. The minimum absolute atomic E-state index is 0.457. The van der Waals surface area contributed by atoms with E-state index in [1.807, 2.05) is 6.07 Å².